The summed E-state index contributed by atoms with van der Waals surface area (Å²) in [5.74, 6) is 1.49. The molecule has 39 heavy (non-hydrogen) atoms. The first-order valence-electron chi connectivity index (χ1n) is 13.4. The quantitative estimate of drug-likeness (QED) is 0.210. The maximum atomic E-state index is 12.1. The van der Waals surface area contributed by atoms with Gasteiger partial charge in [0.1, 0.15) is 11.4 Å². The van der Waals surface area contributed by atoms with Crippen LogP contribution in [0, 0.1) is 0 Å². The van der Waals surface area contributed by atoms with Crippen molar-refractivity contribution in [1.29, 1.82) is 0 Å². The highest BCUT2D eigenvalue weighted by molar-refractivity contribution is 5.77. The third kappa shape index (κ3) is 7.33. The van der Waals surface area contributed by atoms with Crippen LogP contribution in [-0.4, -0.2) is 46.8 Å². The Morgan fingerprint density at radius 2 is 1.67 bits per heavy atom. The molecule has 0 fully saturated rings. The largest absolute Gasteiger partial charge is 0.493 e. The maximum Gasteiger partial charge on any atom is 0.320 e. The lowest BCUT2D eigenvalue weighted by Gasteiger charge is -2.22. The number of likely N-dealkylation sites (N-methyl/N-ethyl adjacent to an activating group) is 1. The molecule has 0 bridgehead atoms. The molecular weight excluding hydrogens is 490 g/mol. The monoisotopic (exact) mass is 527 g/mol. The van der Waals surface area contributed by atoms with Gasteiger partial charge in [0.25, 0.3) is 5.89 Å². The highest BCUT2D eigenvalue weighted by Gasteiger charge is 2.18. The minimum Gasteiger partial charge on any atom is -0.493 e. The second-order valence-corrected chi connectivity index (χ2v) is 10.5. The van der Waals surface area contributed by atoms with Crippen LogP contribution in [0.3, 0.4) is 0 Å². The first-order chi connectivity index (χ1) is 18.7. The zero-order valence-corrected chi connectivity index (χ0v) is 23.7. The van der Waals surface area contributed by atoms with E-state index < -0.39 is 5.60 Å². The van der Waals surface area contributed by atoms with Crippen molar-refractivity contribution >= 4 is 5.97 Å². The minimum absolute atomic E-state index is 0.222. The van der Waals surface area contributed by atoms with E-state index in [2.05, 4.69) is 41.3 Å². The lowest BCUT2D eigenvalue weighted by Crippen LogP contribution is -2.32. The second-order valence-electron chi connectivity index (χ2n) is 10.5. The van der Waals surface area contributed by atoms with Crippen LogP contribution in [0.15, 0.2) is 71.3 Å². The number of rotatable bonds is 10. The van der Waals surface area contributed by atoms with E-state index in [0.717, 1.165) is 40.0 Å². The van der Waals surface area contributed by atoms with Gasteiger partial charge in [-0.3, -0.25) is 9.69 Å². The Balaban J connectivity index is 1.48. The summed E-state index contributed by atoms with van der Waals surface area (Å²) in [5.41, 5.74) is 5.71. The van der Waals surface area contributed by atoms with Gasteiger partial charge < -0.3 is 14.0 Å². The van der Waals surface area contributed by atoms with E-state index in [4.69, 9.17) is 14.0 Å². The van der Waals surface area contributed by atoms with Gasteiger partial charge >= 0.3 is 5.97 Å². The van der Waals surface area contributed by atoms with Gasteiger partial charge in [-0.1, -0.05) is 60.6 Å². The Hall–Kier alpha value is -3.97. The summed E-state index contributed by atoms with van der Waals surface area (Å²) in [4.78, 5) is 18.7. The standard InChI is InChI=1S/C32H37N3O4/c1-7-23-11-9-10-12-26(23)27-18-17-25(19-28(27)37-8-2)31-33-30(34-39-31)24-15-13-22(14-16-24)20-35(6)21-29(36)38-32(3,4)5/h9-19H,7-8,20-21H2,1-6H3. The van der Waals surface area contributed by atoms with E-state index in [1.54, 1.807) is 0 Å². The zero-order valence-electron chi connectivity index (χ0n) is 23.7. The average molecular weight is 528 g/mol. The predicted molar refractivity (Wildman–Crippen MR) is 153 cm³/mol. The van der Waals surface area contributed by atoms with Crippen LogP contribution in [0.1, 0.15) is 45.7 Å². The van der Waals surface area contributed by atoms with Crippen molar-refractivity contribution < 1.29 is 18.8 Å². The van der Waals surface area contributed by atoms with E-state index in [1.165, 1.54) is 5.56 Å². The lowest BCUT2D eigenvalue weighted by atomic mass is 9.96. The van der Waals surface area contributed by atoms with Crippen LogP contribution in [0.4, 0.5) is 0 Å². The van der Waals surface area contributed by atoms with Gasteiger partial charge in [-0.2, -0.15) is 4.98 Å². The summed E-state index contributed by atoms with van der Waals surface area (Å²) in [6.07, 6.45) is 0.940. The summed E-state index contributed by atoms with van der Waals surface area (Å²) >= 11 is 0. The first kappa shape index (κ1) is 28.0. The van der Waals surface area contributed by atoms with Crippen LogP contribution >= 0.6 is 0 Å². The Kier molecular flexibility index (Phi) is 8.82. The van der Waals surface area contributed by atoms with Gasteiger partial charge in [-0.05, 0) is 76.1 Å². The van der Waals surface area contributed by atoms with Gasteiger partial charge in [-0.15, -0.1) is 0 Å². The van der Waals surface area contributed by atoms with Gasteiger partial charge in [-0.25, -0.2) is 0 Å². The molecule has 0 saturated carbocycles. The summed E-state index contributed by atoms with van der Waals surface area (Å²) in [5, 5.41) is 4.21. The highest BCUT2D eigenvalue weighted by atomic mass is 16.6. The van der Waals surface area contributed by atoms with Crippen molar-refractivity contribution in [2.75, 3.05) is 20.2 Å². The molecule has 7 nitrogen and oxygen atoms in total. The number of carbonyl (C=O) groups is 1. The molecule has 4 aromatic rings. The molecule has 0 saturated heterocycles. The molecule has 7 heteroatoms. The highest BCUT2D eigenvalue weighted by Crippen LogP contribution is 2.36. The third-order valence-electron chi connectivity index (χ3n) is 6.13. The summed E-state index contributed by atoms with van der Waals surface area (Å²) in [6.45, 7) is 11.1. The maximum absolute atomic E-state index is 12.1. The van der Waals surface area contributed by atoms with Gasteiger partial charge in [0.15, 0.2) is 0 Å². The number of ether oxygens (including phenoxy) is 2. The van der Waals surface area contributed by atoms with Crippen LogP contribution in [0.2, 0.25) is 0 Å². The van der Waals surface area contributed by atoms with Crippen molar-refractivity contribution in [1.82, 2.24) is 15.0 Å². The lowest BCUT2D eigenvalue weighted by molar-refractivity contribution is -0.155. The van der Waals surface area contributed by atoms with Gasteiger partial charge in [0, 0.05) is 23.2 Å². The fraction of sp³-hybridized carbons (Fsp3) is 0.344. The van der Waals surface area contributed by atoms with Crippen LogP contribution in [0.25, 0.3) is 34.0 Å². The average Bonchev–Trinajstić information content (AvgIpc) is 3.38. The fourth-order valence-electron chi connectivity index (χ4n) is 4.42. The van der Waals surface area contributed by atoms with Crippen LogP contribution < -0.4 is 4.74 Å². The molecule has 1 aromatic heterocycles. The van der Waals surface area contributed by atoms with Crippen LogP contribution in [0.5, 0.6) is 5.75 Å². The van der Waals surface area contributed by atoms with Crippen molar-refractivity contribution in [2.24, 2.45) is 0 Å². The van der Waals surface area contributed by atoms with E-state index in [1.807, 2.05) is 82.1 Å². The molecule has 0 atom stereocenters. The SMILES string of the molecule is CCOc1cc(-c2nc(-c3ccc(CN(C)CC(=O)OC(C)(C)C)cc3)no2)ccc1-c1ccccc1CC. The Bertz CT molecular complexity index is 1400. The summed E-state index contributed by atoms with van der Waals surface area (Å²) in [7, 11) is 1.89. The molecular formula is C32H37N3O4. The number of aryl methyl sites for hydroxylation is 1. The molecule has 0 amide bonds. The smallest absolute Gasteiger partial charge is 0.320 e. The van der Waals surface area contributed by atoms with E-state index in [0.29, 0.717) is 24.9 Å². The number of carbonyl (C=O) groups excluding carboxylic acids is 1. The fourth-order valence-corrected chi connectivity index (χ4v) is 4.42. The molecule has 0 radical (unpaired) electrons. The normalized spacial score (nSPS) is 11.6. The van der Waals surface area contributed by atoms with Crippen molar-refractivity contribution in [3.05, 3.63) is 77.9 Å². The number of aromatic nitrogens is 2. The predicted octanol–water partition coefficient (Wildman–Crippen LogP) is 6.81. The molecule has 0 aliphatic rings. The number of hydrogen-bond acceptors (Lipinski definition) is 7. The van der Waals surface area contributed by atoms with Crippen molar-refractivity contribution in [2.45, 2.75) is 53.2 Å². The van der Waals surface area contributed by atoms with Crippen molar-refractivity contribution in [3.63, 3.8) is 0 Å². The molecule has 3 aromatic carbocycles. The summed E-state index contributed by atoms with van der Waals surface area (Å²) in [6, 6.07) is 22.3. The Morgan fingerprint density at radius 3 is 2.36 bits per heavy atom. The molecule has 1 heterocycles. The number of hydrogen-bond donors (Lipinski definition) is 0. The number of benzene rings is 3. The Labute approximate surface area is 230 Å². The molecule has 204 valence electrons. The van der Waals surface area contributed by atoms with Crippen molar-refractivity contribution in [3.8, 4) is 39.7 Å². The third-order valence-corrected chi connectivity index (χ3v) is 6.13. The van der Waals surface area contributed by atoms with E-state index in [-0.39, 0.29) is 12.5 Å². The van der Waals surface area contributed by atoms with E-state index in [9.17, 15) is 4.79 Å². The number of nitrogens with zero attached hydrogens (tertiary/aromatic N) is 3. The zero-order chi connectivity index (χ0) is 28.0. The Morgan fingerprint density at radius 1 is 0.949 bits per heavy atom. The molecule has 0 aliphatic heterocycles. The topological polar surface area (TPSA) is 77.7 Å². The van der Waals surface area contributed by atoms with Gasteiger partial charge in [0.05, 0.1) is 13.2 Å². The van der Waals surface area contributed by atoms with Gasteiger partial charge in [0.2, 0.25) is 5.82 Å². The molecule has 0 spiro atoms. The molecule has 4 rings (SSSR count). The minimum atomic E-state index is -0.490. The molecule has 0 aliphatic carbocycles. The number of esters is 1. The summed E-state index contributed by atoms with van der Waals surface area (Å²) < 4.78 is 17.1. The first-order valence-corrected chi connectivity index (χ1v) is 13.4. The van der Waals surface area contributed by atoms with E-state index >= 15 is 0 Å². The molecule has 0 N–H and O–H groups in total. The molecule has 0 unspecified atom stereocenters. The second kappa shape index (κ2) is 12.3. The van der Waals surface area contributed by atoms with Crippen LogP contribution in [-0.2, 0) is 22.5 Å².